The van der Waals surface area contributed by atoms with Gasteiger partial charge in [0.1, 0.15) is 12.4 Å². The molecular weight excluding hydrogens is 301 g/mol. The lowest BCUT2D eigenvalue weighted by Crippen LogP contribution is -2.37. The van der Waals surface area contributed by atoms with E-state index in [1.807, 2.05) is 0 Å². The molecular formula is C9H10BrF3N4. The van der Waals surface area contributed by atoms with E-state index < -0.39 is 12.7 Å². The Labute approximate surface area is 104 Å². The second kappa shape index (κ2) is 4.32. The molecule has 1 aromatic heterocycles. The second-order valence-corrected chi connectivity index (χ2v) is 4.73. The highest BCUT2D eigenvalue weighted by Crippen LogP contribution is 2.36. The number of halogens is 4. The quantitative estimate of drug-likeness (QED) is 0.931. The van der Waals surface area contributed by atoms with E-state index in [1.54, 1.807) is 0 Å². The van der Waals surface area contributed by atoms with E-state index in [0.717, 1.165) is 12.8 Å². The summed E-state index contributed by atoms with van der Waals surface area (Å²) in [5.41, 5.74) is 5.40. The minimum Gasteiger partial charge on any atom is -0.368 e. The number of alkyl halides is 3. The van der Waals surface area contributed by atoms with Crippen molar-refractivity contribution in [3.8, 4) is 0 Å². The van der Waals surface area contributed by atoms with Gasteiger partial charge in [-0.1, -0.05) is 0 Å². The Balaban J connectivity index is 2.29. The van der Waals surface area contributed by atoms with Crippen LogP contribution in [0.4, 0.5) is 24.9 Å². The zero-order valence-electron chi connectivity index (χ0n) is 8.71. The molecule has 2 rings (SSSR count). The molecule has 0 amide bonds. The fourth-order valence-electron chi connectivity index (χ4n) is 1.53. The van der Waals surface area contributed by atoms with E-state index in [4.69, 9.17) is 5.73 Å². The van der Waals surface area contributed by atoms with E-state index in [1.165, 1.54) is 11.1 Å². The molecule has 0 aromatic carbocycles. The first-order valence-corrected chi connectivity index (χ1v) is 5.77. The number of hydrogen-bond donors (Lipinski definition) is 1. The van der Waals surface area contributed by atoms with Crippen LogP contribution in [0.25, 0.3) is 0 Å². The van der Waals surface area contributed by atoms with Crippen LogP contribution in [-0.4, -0.2) is 28.7 Å². The van der Waals surface area contributed by atoms with Gasteiger partial charge in [-0.05, 0) is 28.8 Å². The first kappa shape index (κ1) is 12.4. The fraction of sp³-hybridized carbons (Fsp3) is 0.556. The Kier molecular flexibility index (Phi) is 3.15. The van der Waals surface area contributed by atoms with Crippen molar-refractivity contribution in [2.75, 3.05) is 17.2 Å². The third-order valence-corrected chi connectivity index (χ3v) is 2.91. The molecule has 0 aliphatic heterocycles. The molecule has 8 heteroatoms. The summed E-state index contributed by atoms with van der Waals surface area (Å²) in [6, 6.07) is -0.109. The van der Waals surface area contributed by atoms with Crippen molar-refractivity contribution in [2.24, 2.45) is 0 Å². The highest BCUT2D eigenvalue weighted by atomic mass is 79.9. The van der Waals surface area contributed by atoms with Crippen LogP contribution >= 0.6 is 15.9 Å². The Morgan fingerprint density at radius 1 is 1.47 bits per heavy atom. The minimum atomic E-state index is -4.26. The number of anilines is 2. The lowest BCUT2D eigenvalue weighted by Gasteiger charge is -2.25. The van der Waals surface area contributed by atoms with Gasteiger partial charge < -0.3 is 10.6 Å². The maximum atomic E-state index is 12.5. The molecule has 1 fully saturated rings. The number of nitrogens with two attached hydrogens (primary N) is 1. The van der Waals surface area contributed by atoms with Gasteiger partial charge in [0, 0.05) is 12.2 Å². The molecule has 2 N–H and O–H groups in total. The molecule has 0 atom stereocenters. The van der Waals surface area contributed by atoms with Gasteiger partial charge in [-0.15, -0.1) is 0 Å². The lowest BCUT2D eigenvalue weighted by atomic mass is 10.4. The van der Waals surface area contributed by atoms with Crippen molar-refractivity contribution in [3.05, 3.63) is 10.7 Å². The van der Waals surface area contributed by atoms with E-state index >= 15 is 0 Å². The SMILES string of the molecule is Nc1ncc(Br)c(N(CC(F)(F)F)C2CC2)n1. The average Bonchev–Trinajstić information content (AvgIpc) is 3.00. The van der Waals surface area contributed by atoms with E-state index in [2.05, 4.69) is 25.9 Å². The van der Waals surface area contributed by atoms with Gasteiger partial charge >= 0.3 is 6.18 Å². The highest BCUT2D eigenvalue weighted by Gasteiger charge is 2.39. The van der Waals surface area contributed by atoms with Gasteiger partial charge in [-0.2, -0.15) is 18.2 Å². The van der Waals surface area contributed by atoms with Crippen molar-refractivity contribution >= 4 is 27.7 Å². The van der Waals surface area contributed by atoms with E-state index in [9.17, 15) is 13.2 Å². The normalized spacial score (nSPS) is 16.0. The van der Waals surface area contributed by atoms with Gasteiger partial charge in [0.15, 0.2) is 0 Å². The van der Waals surface area contributed by atoms with Crippen LogP contribution in [0.3, 0.4) is 0 Å². The molecule has 0 unspecified atom stereocenters. The Morgan fingerprint density at radius 2 is 2.12 bits per heavy atom. The minimum absolute atomic E-state index is 0.0315. The standard InChI is InChI=1S/C9H10BrF3N4/c10-6-3-15-8(14)16-7(6)17(5-1-2-5)4-9(11,12)13/h3,5H,1-2,4H2,(H2,14,15,16). The van der Waals surface area contributed by atoms with Crippen LogP contribution in [0, 0.1) is 0 Å². The van der Waals surface area contributed by atoms with E-state index in [0.29, 0.717) is 4.47 Å². The van der Waals surface area contributed by atoms with Gasteiger partial charge in [0.05, 0.1) is 4.47 Å². The molecule has 1 aliphatic rings. The van der Waals surface area contributed by atoms with Crippen molar-refractivity contribution in [1.29, 1.82) is 0 Å². The molecule has 17 heavy (non-hydrogen) atoms. The largest absolute Gasteiger partial charge is 0.405 e. The first-order valence-electron chi connectivity index (χ1n) is 4.98. The summed E-state index contributed by atoms with van der Waals surface area (Å²) in [4.78, 5) is 8.80. The van der Waals surface area contributed by atoms with Crippen molar-refractivity contribution < 1.29 is 13.2 Å². The van der Waals surface area contributed by atoms with E-state index in [-0.39, 0.29) is 17.8 Å². The molecule has 94 valence electrons. The monoisotopic (exact) mass is 310 g/mol. The van der Waals surface area contributed by atoms with Gasteiger partial charge in [-0.3, -0.25) is 0 Å². The predicted molar refractivity (Wildman–Crippen MR) is 60.6 cm³/mol. The highest BCUT2D eigenvalue weighted by molar-refractivity contribution is 9.10. The van der Waals surface area contributed by atoms with Gasteiger partial charge in [0.2, 0.25) is 5.95 Å². The second-order valence-electron chi connectivity index (χ2n) is 3.87. The predicted octanol–water partition coefficient (Wildman–Crippen LogP) is 2.35. The summed E-state index contributed by atoms with van der Waals surface area (Å²) in [7, 11) is 0. The zero-order valence-corrected chi connectivity index (χ0v) is 10.3. The molecule has 1 aliphatic carbocycles. The topological polar surface area (TPSA) is 55.0 Å². The van der Waals surface area contributed by atoms with Crippen LogP contribution in [0.5, 0.6) is 0 Å². The molecule has 1 heterocycles. The van der Waals surface area contributed by atoms with Crippen LogP contribution in [0.2, 0.25) is 0 Å². The number of nitrogen functional groups attached to an aromatic ring is 1. The maximum absolute atomic E-state index is 12.5. The lowest BCUT2D eigenvalue weighted by molar-refractivity contribution is -0.120. The molecule has 0 spiro atoms. The molecule has 1 saturated carbocycles. The van der Waals surface area contributed by atoms with Crippen molar-refractivity contribution in [1.82, 2.24) is 9.97 Å². The summed E-state index contributed by atoms with van der Waals surface area (Å²) in [6.45, 7) is -1.02. The number of rotatable bonds is 3. The molecule has 0 saturated heterocycles. The fourth-order valence-corrected chi connectivity index (χ4v) is 1.95. The van der Waals surface area contributed by atoms with Crippen LogP contribution in [-0.2, 0) is 0 Å². The summed E-state index contributed by atoms with van der Waals surface area (Å²) >= 11 is 3.15. The summed E-state index contributed by atoms with van der Waals surface area (Å²) in [5, 5.41) is 0. The molecule has 1 aromatic rings. The van der Waals surface area contributed by atoms with Crippen LogP contribution < -0.4 is 10.6 Å². The number of hydrogen-bond acceptors (Lipinski definition) is 4. The first-order chi connectivity index (χ1) is 7.87. The number of nitrogens with zero attached hydrogens (tertiary/aromatic N) is 3. The number of aromatic nitrogens is 2. The average molecular weight is 311 g/mol. The zero-order chi connectivity index (χ0) is 12.6. The molecule has 0 bridgehead atoms. The summed E-state index contributed by atoms with van der Waals surface area (Å²) < 4.78 is 37.9. The Hall–Kier alpha value is -1.05. The Morgan fingerprint density at radius 3 is 2.65 bits per heavy atom. The Bertz CT molecular complexity index is 419. The van der Waals surface area contributed by atoms with Crippen molar-refractivity contribution in [3.63, 3.8) is 0 Å². The molecule has 0 radical (unpaired) electrons. The maximum Gasteiger partial charge on any atom is 0.405 e. The summed E-state index contributed by atoms with van der Waals surface area (Å²) in [5.74, 6) is 0.174. The van der Waals surface area contributed by atoms with Gasteiger partial charge in [-0.25, -0.2) is 4.98 Å². The smallest absolute Gasteiger partial charge is 0.368 e. The molecule has 4 nitrogen and oxygen atoms in total. The third kappa shape index (κ3) is 3.21. The summed E-state index contributed by atoms with van der Waals surface area (Å²) in [6.07, 6.45) is -1.41. The van der Waals surface area contributed by atoms with Crippen LogP contribution in [0.1, 0.15) is 12.8 Å². The van der Waals surface area contributed by atoms with Crippen molar-refractivity contribution in [2.45, 2.75) is 25.1 Å². The van der Waals surface area contributed by atoms with Gasteiger partial charge in [0.25, 0.3) is 0 Å². The third-order valence-electron chi connectivity index (χ3n) is 2.35. The van der Waals surface area contributed by atoms with Crippen LogP contribution in [0.15, 0.2) is 10.7 Å².